The van der Waals surface area contributed by atoms with Crippen LogP contribution in [0.3, 0.4) is 0 Å². The predicted molar refractivity (Wildman–Crippen MR) is 142 cm³/mol. The molecule has 168 valence electrons. The zero-order valence-electron chi connectivity index (χ0n) is 18.7. The summed E-state index contributed by atoms with van der Waals surface area (Å²) < 4.78 is 15.2. The fourth-order valence-electron chi connectivity index (χ4n) is 4.56. The first kappa shape index (κ1) is 23.6. The second-order valence-electron chi connectivity index (χ2n) is 8.35. The monoisotopic (exact) mass is 472 g/mol. The molecule has 33 heavy (non-hydrogen) atoms. The van der Waals surface area contributed by atoms with Gasteiger partial charge in [0.2, 0.25) is 0 Å². The first-order chi connectivity index (χ1) is 16.1. The molecule has 1 unspecified atom stereocenters. The highest BCUT2D eigenvalue weighted by molar-refractivity contribution is 8.08. The third-order valence-electron chi connectivity index (χ3n) is 6.00. The third kappa shape index (κ3) is 5.17. The van der Waals surface area contributed by atoms with Gasteiger partial charge in [-0.3, -0.25) is 0 Å². The molecule has 0 amide bonds. The van der Waals surface area contributed by atoms with Crippen molar-refractivity contribution in [2.75, 3.05) is 6.26 Å². The molecule has 4 heteroatoms. The molecule has 0 heterocycles. The Hall–Kier alpha value is -2.58. The Morgan fingerprint density at radius 3 is 1.33 bits per heavy atom. The average Bonchev–Trinajstić information content (AvgIpc) is 2.86. The Balaban J connectivity index is 1.89. The van der Waals surface area contributed by atoms with Gasteiger partial charge in [0.1, 0.15) is 0 Å². The van der Waals surface area contributed by atoms with E-state index in [9.17, 15) is 5.11 Å². The van der Waals surface area contributed by atoms with Crippen molar-refractivity contribution in [3.63, 3.8) is 0 Å². The lowest BCUT2D eigenvalue weighted by molar-refractivity contribution is 0.0561. The molecular formula is C29H29O2PS. The number of rotatable bonds is 9. The summed E-state index contributed by atoms with van der Waals surface area (Å²) in [6, 6.07) is 39.3. The van der Waals surface area contributed by atoms with E-state index in [1.807, 2.05) is 128 Å². The van der Waals surface area contributed by atoms with E-state index < -0.39 is 17.7 Å². The third-order valence-corrected chi connectivity index (χ3v) is 11.7. The number of thioether (sulfide) groups is 1. The molecule has 0 saturated heterocycles. The largest absolute Gasteiger partial charge is 0.388 e. The van der Waals surface area contributed by atoms with Crippen LogP contribution in [0.4, 0.5) is 0 Å². The Bertz CT molecular complexity index is 1100. The Labute approximate surface area is 201 Å². The molecule has 1 atom stereocenters. The van der Waals surface area contributed by atoms with Crippen LogP contribution in [-0.4, -0.2) is 22.0 Å². The van der Waals surface area contributed by atoms with Gasteiger partial charge in [0.25, 0.3) is 0 Å². The summed E-state index contributed by atoms with van der Waals surface area (Å²) in [5.74, 6) is 0. The smallest absolute Gasteiger partial charge is 0.158 e. The Morgan fingerprint density at radius 1 is 0.667 bits per heavy atom. The summed E-state index contributed by atoms with van der Waals surface area (Å²) in [5, 5.41) is 14.0. The summed E-state index contributed by atoms with van der Waals surface area (Å²) >= 11 is 1.50. The molecule has 1 N–H and O–H groups in total. The van der Waals surface area contributed by atoms with Crippen molar-refractivity contribution in [1.82, 2.24) is 0 Å². The van der Waals surface area contributed by atoms with E-state index in [4.69, 9.17) is 0 Å². The van der Waals surface area contributed by atoms with Crippen molar-refractivity contribution in [2.45, 2.75) is 23.4 Å². The summed E-state index contributed by atoms with van der Waals surface area (Å²) in [6.45, 7) is 0. The van der Waals surface area contributed by atoms with Crippen molar-refractivity contribution in [3.05, 3.63) is 132 Å². The number of benzene rings is 4. The summed E-state index contributed by atoms with van der Waals surface area (Å²) in [7, 11) is -3.22. The first-order valence-corrected chi connectivity index (χ1v) is 14.2. The van der Waals surface area contributed by atoms with Crippen LogP contribution in [0.5, 0.6) is 0 Å². The van der Waals surface area contributed by atoms with Crippen LogP contribution in [0.15, 0.2) is 121 Å². The van der Waals surface area contributed by atoms with Gasteiger partial charge >= 0.3 is 0 Å². The van der Waals surface area contributed by atoms with Crippen LogP contribution in [-0.2, 0) is 17.4 Å². The zero-order valence-corrected chi connectivity index (χ0v) is 20.5. The first-order valence-electron chi connectivity index (χ1n) is 11.1. The van der Waals surface area contributed by atoms with E-state index in [1.54, 1.807) is 0 Å². The zero-order chi connectivity index (χ0) is 23.2. The second-order valence-corrected chi connectivity index (χ2v) is 12.5. The average molecular weight is 473 g/mol. The minimum Gasteiger partial charge on any atom is -0.388 e. The van der Waals surface area contributed by atoms with Crippen LogP contribution in [0, 0.1) is 0 Å². The minimum atomic E-state index is -3.22. The molecule has 0 aromatic heterocycles. The Morgan fingerprint density at radius 2 is 1.00 bits per heavy atom. The maximum absolute atomic E-state index is 15.2. The molecule has 0 saturated carbocycles. The minimum absolute atomic E-state index is 0.415. The van der Waals surface area contributed by atoms with Crippen LogP contribution >= 0.6 is 18.9 Å². The highest BCUT2D eigenvalue weighted by atomic mass is 32.2. The standard InChI is InChI=1S/C29H29O2PS/c1-33-28(32(31,26-18-10-4-11-19-26)27-20-12-5-13-21-27)29(30,22-24-14-6-2-7-15-24)23-25-16-8-3-9-17-25/h2-21,28,30H,22-23H2,1H3. The van der Waals surface area contributed by atoms with Gasteiger partial charge in [0.05, 0.1) is 10.6 Å². The molecule has 4 aromatic rings. The molecule has 0 fully saturated rings. The van der Waals surface area contributed by atoms with Gasteiger partial charge in [-0.25, -0.2) is 0 Å². The highest BCUT2D eigenvalue weighted by Gasteiger charge is 2.49. The number of hydrogen-bond donors (Lipinski definition) is 1. The lowest BCUT2D eigenvalue weighted by atomic mass is 9.89. The van der Waals surface area contributed by atoms with Crippen molar-refractivity contribution in [2.24, 2.45) is 0 Å². The molecule has 0 bridgehead atoms. The van der Waals surface area contributed by atoms with Gasteiger partial charge in [0, 0.05) is 23.5 Å². The Kier molecular flexibility index (Phi) is 7.55. The normalized spacial score (nSPS) is 12.9. The van der Waals surface area contributed by atoms with Gasteiger partial charge in [-0.1, -0.05) is 121 Å². The fraction of sp³-hybridized carbons (Fsp3) is 0.172. The van der Waals surface area contributed by atoms with Crippen molar-refractivity contribution < 1.29 is 9.67 Å². The van der Waals surface area contributed by atoms with Gasteiger partial charge in [-0.2, -0.15) is 11.8 Å². The fourth-order valence-corrected chi connectivity index (χ4v) is 10.0. The van der Waals surface area contributed by atoms with Crippen molar-refractivity contribution in [3.8, 4) is 0 Å². The summed E-state index contributed by atoms with van der Waals surface area (Å²) in [5.41, 5.74) is 0.828. The molecule has 0 spiro atoms. The van der Waals surface area contributed by atoms with E-state index in [0.29, 0.717) is 12.8 Å². The topological polar surface area (TPSA) is 37.3 Å². The van der Waals surface area contributed by atoms with E-state index >= 15 is 4.57 Å². The van der Waals surface area contributed by atoms with Gasteiger partial charge in [0.15, 0.2) is 7.14 Å². The molecule has 0 aliphatic carbocycles. The lowest BCUT2D eigenvalue weighted by Crippen LogP contribution is -2.47. The molecular weight excluding hydrogens is 443 g/mol. The molecule has 4 rings (SSSR count). The van der Waals surface area contributed by atoms with Crippen LogP contribution in [0.2, 0.25) is 0 Å². The van der Waals surface area contributed by atoms with E-state index in [-0.39, 0.29) is 0 Å². The van der Waals surface area contributed by atoms with Crippen LogP contribution < -0.4 is 10.6 Å². The lowest BCUT2D eigenvalue weighted by Gasteiger charge is -2.40. The van der Waals surface area contributed by atoms with Crippen molar-refractivity contribution in [1.29, 1.82) is 0 Å². The van der Waals surface area contributed by atoms with Gasteiger partial charge in [-0.05, 0) is 17.4 Å². The summed E-state index contributed by atoms with van der Waals surface area (Å²) in [6.07, 6.45) is 2.79. The quantitative estimate of drug-likeness (QED) is 0.308. The van der Waals surface area contributed by atoms with E-state index in [2.05, 4.69) is 0 Å². The molecule has 0 radical (unpaired) electrons. The molecule has 0 aliphatic heterocycles. The number of hydrogen-bond acceptors (Lipinski definition) is 3. The van der Waals surface area contributed by atoms with Gasteiger partial charge in [-0.15, -0.1) is 0 Å². The van der Waals surface area contributed by atoms with Crippen LogP contribution in [0.1, 0.15) is 11.1 Å². The van der Waals surface area contributed by atoms with E-state index in [1.165, 1.54) is 11.8 Å². The molecule has 0 aliphatic rings. The van der Waals surface area contributed by atoms with E-state index in [0.717, 1.165) is 21.7 Å². The van der Waals surface area contributed by atoms with Gasteiger partial charge < -0.3 is 9.67 Å². The SMILES string of the molecule is CSC(C(O)(Cc1ccccc1)Cc1ccccc1)P(=O)(c1ccccc1)c1ccccc1. The van der Waals surface area contributed by atoms with Crippen LogP contribution in [0.25, 0.3) is 0 Å². The highest BCUT2D eigenvalue weighted by Crippen LogP contribution is 2.57. The maximum atomic E-state index is 15.2. The van der Waals surface area contributed by atoms with Crippen molar-refractivity contribution >= 4 is 29.5 Å². The summed E-state index contributed by atoms with van der Waals surface area (Å²) in [4.78, 5) is -0.532. The second kappa shape index (κ2) is 10.6. The molecule has 4 aromatic carbocycles. The predicted octanol–water partition coefficient (Wildman–Crippen LogP) is 5.91. The maximum Gasteiger partial charge on any atom is 0.158 e. The molecule has 2 nitrogen and oxygen atoms in total. The number of aliphatic hydroxyl groups is 1.